The van der Waals surface area contributed by atoms with Crippen molar-refractivity contribution in [2.45, 2.75) is 6.92 Å². The maximum Gasteiger partial charge on any atom is 0.340 e. The Balaban J connectivity index is 1.74. The van der Waals surface area contributed by atoms with Crippen molar-refractivity contribution in [1.29, 1.82) is 0 Å². The van der Waals surface area contributed by atoms with Crippen LogP contribution in [0.4, 0.5) is 11.4 Å². The molecule has 3 rings (SSSR count). The summed E-state index contributed by atoms with van der Waals surface area (Å²) in [5.41, 5.74) is 6.81. The van der Waals surface area contributed by atoms with Crippen molar-refractivity contribution in [3.63, 3.8) is 0 Å². The van der Waals surface area contributed by atoms with Crippen molar-refractivity contribution in [3.8, 4) is 5.69 Å². The first-order chi connectivity index (χ1) is 13.8. The van der Waals surface area contributed by atoms with E-state index in [1.807, 2.05) is 18.2 Å². The summed E-state index contributed by atoms with van der Waals surface area (Å²) in [6.45, 7) is 1.12. The lowest BCUT2D eigenvalue weighted by molar-refractivity contribution is -0.119. The van der Waals surface area contributed by atoms with Gasteiger partial charge in [-0.15, -0.1) is 0 Å². The summed E-state index contributed by atoms with van der Waals surface area (Å²) in [6.07, 6.45) is 0. The standard InChI is InChI=1S/C20H19ClN4O4/c1-12-18(19(27)25(24(12)2)13-7-4-3-5-8-13)23-16(26)11-29-20(28)14-9-6-10-15(21)17(14)22/h3-10H,11,22H2,1-2H3,(H,23,26). The first kappa shape index (κ1) is 20.2. The highest BCUT2D eigenvalue weighted by atomic mass is 35.5. The maximum atomic E-state index is 12.8. The molecule has 0 unspecified atom stereocenters. The number of nitrogens with two attached hydrogens (primary N) is 1. The molecule has 0 saturated heterocycles. The van der Waals surface area contributed by atoms with Gasteiger partial charge in [0.05, 0.1) is 27.7 Å². The molecule has 2 aromatic carbocycles. The van der Waals surface area contributed by atoms with Gasteiger partial charge in [-0.3, -0.25) is 14.3 Å². The van der Waals surface area contributed by atoms with E-state index in [2.05, 4.69) is 5.32 Å². The summed E-state index contributed by atoms with van der Waals surface area (Å²) in [7, 11) is 1.71. The van der Waals surface area contributed by atoms with Crippen LogP contribution < -0.4 is 16.6 Å². The van der Waals surface area contributed by atoms with Gasteiger partial charge in [-0.25, -0.2) is 9.48 Å². The second-order valence-electron chi connectivity index (χ2n) is 6.26. The molecule has 150 valence electrons. The smallest absolute Gasteiger partial charge is 0.340 e. The Morgan fingerprint density at radius 2 is 1.83 bits per heavy atom. The highest BCUT2D eigenvalue weighted by Gasteiger charge is 2.20. The normalized spacial score (nSPS) is 10.6. The van der Waals surface area contributed by atoms with Crippen molar-refractivity contribution >= 4 is 34.9 Å². The van der Waals surface area contributed by atoms with Gasteiger partial charge in [-0.2, -0.15) is 0 Å². The molecule has 0 aliphatic rings. The number of amides is 1. The average Bonchev–Trinajstić information content (AvgIpc) is 2.92. The molecule has 1 amide bonds. The molecule has 0 fully saturated rings. The minimum Gasteiger partial charge on any atom is -0.452 e. The number of rotatable bonds is 5. The Labute approximate surface area is 171 Å². The molecule has 1 aromatic heterocycles. The predicted octanol–water partition coefficient (Wildman–Crippen LogP) is 2.52. The molecular formula is C20H19ClN4O4. The van der Waals surface area contributed by atoms with Crippen LogP contribution in [0.3, 0.4) is 0 Å². The summed E-state index contributed by atoms with van der Waals surface area (Å²) >= 11 is 5.88. The van der Waals surface area contributed by atoms with Crippen molar-refractivity contribution in [1.82, 2.24) is 9.36 Å². The number of nitrogens with zero attached hydrogens (tertiary/aromatic N) is 2. The van der Waals surface area contributed by atoms with Gasteiger partial charge >= 0.3 is 5.97 Å². The van der Waals surface area contributed by atoms with Gasteiger partial charge in [-0.1, -0.05) is 35.9 Å². The highest BCUT2D eigenvalue weighted by molar-refractivity contribution is 6.33. The fourth-order valence-electron chi connectivity index (χ4n) is 2.81. The van der Waals surface area contributed by atoms with E-state index in [0.29, 0.717) is 11.4 Å². The summed E-state index contributed by atoms with van der Waals surface area (Å²) in [5, 5.41) is 2.73. The molecule has 0 bridgehead atoms. The minimum absolute atomic E-state index is 0.0626. The van der Waals surface area contributed by atoms with Crippen molar-refractivity contribution < 1.29 is 14.3 Å². The Kier molecular flexibility index (Phi) is 5.74. The first-order valence-corrected chi connectivity index (χ1v) is 9.04. The van der Waals surface area contributed by atoms with Gasteiger partial charge in [0.2, 0.25) is 0 Å². The molecule has 0 aliphatic carbocycles. The molecule has 3 N–H and O–H groups in total. The second-order valence-corrected chi connectivity index (χ2v) is 6.67. The van der Waals surface area contributed by atoms with Crippen LogP contribution in [0.5, 0.6) is 0 Å². The van der Waals surface area contributed by atoms with Crippen LogP contribution in [0.15, 0.2) is 53.3 Å². The van der Waals surface area contributed by atoms with Crippen LogP contribution in [-0.4, -0.2) is 27.8 Å². The van der Waals surface area contributed by atoms with Gasteiger partial charge in [0, 0.05) is 7.05 Å². The van der Waals surface area contributed by atoms with Gasteiger partial charge in [0.15, 0.2) is 6.61 Å². The number of anilines is 2. The van der Waals surface area contributed by atoms with E-state index in [9.17, 15) is 14.4 Å². The lowest BCUT2D eigenvalue weighted by atomic mass is 10.2. The van der Waals surface area contributed by atoms with Crippen LogP contribution in [0.1, 0.15) is 16.1 Å². The Morgan fingerprint density at radius 3 is 2.52 bits per heavy atom. The van der Waals surface area contributed by atoms with E-state index in [1.54, 1.807) is 36.9 Å². The minimum atomic E-state index is -0.786. The van der Waals surface area contributed by atoms with Crippen LogP contribution in [0.2, 0.25) is 5.02 Å². The Hall–Kier alpha value is -3.52. The van der Waals surface area contributed by atoms with E-state index in [-0.39, 0.29) is 22.0 Å². The Bertz CT molecular complexity index is 1140. The fourth-order valence-corrected chi connectivity index (χ4v) is 2.99. The monoisotopic (exact) mass is 414 g/mol. The van der Waals surface area contributed by atoms with Crippen LogP contribution >= 0.6 is 11.6 Å². The number of carbonyl (C=O) groups is 2. The molecule has 0 aliphatic heterocycles. The maximum absolute atomic E-state index is 12.8. The van der Waals surface area contributed by atoms with Crippen LogP contribution in [-0.2, 0) is 16.6 Å². The zero-order valence-electron chi connectivity index (χ0n) is 15.8. The molecule has 9 heteroatoms. The van der Waals surface area contributed by atoms with E-state index in [1.165, 1.54) is 16.8 Å². The molecular weight excluding hydrogens is 396 g/mol. The van der Waals surface area contributed by atoms with Crippen molar-refractivity contribution in [3.05, 3.63) is 75.2 Å². The molecule has 0 radical (unpaired) electrons. The summed E-state index contributed by atoms with van der Waals surface area (Å²) in [4.78, 5) is 37.2. The van der Waals surface area contributed by atoms with Gasteiger partial charge in [0.25, 0.3) is 11.5 Å². The number of nitrogen functional groups attached to an aromatic ring is 1. The van der Waals surface area contributed by atoms with Gasteiger partial charge in [0.1, 0.15) is 5.69 Å². The summed E-state index contributed by atoms with van der Waals surface area (Å²) in [5.74, 6) is -1.43. The summed E-state index contributed by atoms with van der Waals surface area (Å²) < 4.78 is 8.06. The number of para-hydroxylation sites is 2. The number of ether oxygens (including phenoxy) is 1. The quantitative estimate of drug-likeness (QED) is 0.492. The average molecular weight is 415 g/mol. The SMILES string of the molecule is Cc1c(NC(=O)COC(=O)c2cccc(Cl)c2N)c(=O)n(-c2ccccc2)n1C. The number of aromatic nitrogens is 2. The van der Waals surface area contributed by atoms with Crippen molar-refractivity contribution in [2.75, 3.05) is 17.7 Å². The van der Waals surface area contributed by atoms with Crippen LogP contribution in [0, 0.1) is 6.92 Å². The summed E-state index contributed by atoms with van der Waals surface area (Å²) in [6, 6.07) is 13.6. The fraction of sp³-hybridized carbons (Fsp3) is 0.150. The number of benzene rings is 2. The highest BCUT2D eigenvalue weighted by Crippen LogP contribution is 2.23. The molecule has 8 nitrogen and oxygen atoms in total. The number of esters is 1. The van der Waals surface area contributed by atoms with E-state index < -0.39 is 24.0 Å². The predicted molar refractivity (Wildman–Crippen MR) is 111 cm³/mol. The number of hydrogen-bond donors (Lipinski definition) is 2. The van der Waals surface area contributed by atoms with Crippen LogP contribution in [0.25, 0.3) is 5.69 Å². The largest absolute Gasteiger partial charge is 0.452 e. The molecule has 3 aromatic rings. The zero-order valence-corrected chi connectivity index (χ0v) is 16.6. The zero-order chi connectivity index (χ0) is 21.1. The third-order valence-corrected chi connectivity index (χ3v) is 4.76. The van der Waals surface area contributed by atoms with Gasteiger partial charge < -0.3 is 15.8 Å². The molecule has 29 heavy (non-hydrogen) atoms. The van der Waals surface area contributed by atoms with Gasteiger partial charge in [-0.05, 0) is 31.2 Å². The molecule has 0 saturated carbocycles. The number of carbonyl (C=O) groups excluding carboxylic acids is 2. The third kappa shape index (κ3) is 4.02. The van der Waals surface area contributed by atoms with E-state index in [0.717, 1.165) is 0 Å². The van der Waals surface area contributed by atoms with E-state index in [4.69, 9.17) is 22.1 Å². The number of hydrogen-bond acceptors (Lipinski definition) is 5. The molecule has 0 spiro atoms. The lowest BCUT2D eigenvalue weighted by Gasteiger charge is -2.08. The molecule has 0 atom stereocenters. The molecule has 1 heterocycles. The Morgan fingerprint density at radius 1 is 1.14 bits per heavy atom. The van der Waals surface area contributed by atoms with E-state index >= 15 is 0 Å². The van der Waals surface area contributed by atoms with Crippen molar-refractivity contribution in [2.24, 2.45) is 7.05 Å². The third-order valence-electron chi connectivity index (χ3n) is 4.43. The topological polar surface area (TPSA) is 108 Å². The second kappa shape index (κ2) is 8.24. The number of nitrogens with one attached hydrogen (secondary N) is 1. The first-order valence-electron chi connectivity index (χ1n) is 8.66. The number of halogens is 1. The lowest BCUT2D eigenvalue weighted by Crippen LogP contribution is -2.26.